The molecular formula is C15H16N6O. The predicted molar refractivity (Wildman–Crippen MR) is 82.6 cm³/mol. The Morgan fingerprint density at radius 3 is 2.59 bits per heavy atom. The monoisotopic (exact) mass is 296 g/mol. The minimum atomic E-state index is -0.657. The number of anilines is 1. The van der Waals surface area contributed by atoms with Crippen molar-refractivity contribution < 1.29 is 4.79 Å². The topological polar surface area (TPSA) is 89.4 Å². The van der Waals surface area contributed by atoms with E-state index in [1.165, 1.54) is 10.1 Å². The first-order valence-electron chi connectivity index (χ1n) is 6.88. The van der Waals surface area contributed by atoms with Gasteiger partial charge < -0.3 is 10.6 Å². The maximum atomic E-state index is 11.4. The van der Waals surface area contributed by atoms with Crippen molar-refractivity contribution in [2.75, 3.05) is 11.9 Å². The fraction of sp³-hybridized carbons (Fsp3) is 0.200. The summed E-state index contributed by atoms with van der Waals surface area (Å²) in [7, 11) is 1.94. The number of fused-ring (bicyclic) bond motifs is 1. The van der Waals surface area contributed by atoms with Crippen LogP contribution in [-0.4, -0.2) is 32.8 Å². The average Bonchev–Trinajstić information content (AvgIpc) is 2.97. The third-order valence-electron chi connectivity index (χ3n) is 3.69. The second-order valence-electron chi connectivity index (χ2n) is 5.05. The van der Waals surface area contributed by atoms with E-state index in [2.05, 4.69) is 34.4 Å². The number of hydrogen-bond acceptors (Lipinski definition) is 5. The van der Waals surface area contributed by atoms with Gasteiger partial charge in [-0.15, -0.1) is 15.3 Å². The van der Waals surface area contributed by atoms with Gasteiger partial charge in [-0.1, -0.05) is 30.3 Å². The number of rotatable bonds is 4. The number of hydrogen-bond donors (Lipinski definition) is 1. The van der Waals surface area contributed by atoms with E-state index in [4.69, 9.17) is 5.73 Å². The molecule has 0 aliphatic carbocycles. The number of aromatic nitrogens is 4. The van der Waals surface area contributed by atoms with Gasteiger partial charge in [0, 0.05) is 7.05 Å². The lowest BCUT2D eigenvalue weighted by molar-refractivity contribution is 0.0988. The quantitative estimate of drug-likeness (QED) is 0.786. The van der Waals surface area contributed by atoms with Crippen molar-refractivity contribution in [2.45, 2.75) is 13.0 Å². The minimum Gasteiger partial charge on any atom is -0.363 e. The van der Waals surface area contributed by atoms with Gasteiger partial charge in [0.1, 0.15) is 5.82 Å². The maximum Gasteiger partial charge on any atom is 0.288 e. The Morgan fingerprint density at radius 1 is 1.18 bits per heavy atom. The second kappa shape index (κ2) is 5.44. The van der Waals surface area contributed by atoms with Gasteiger partial charge in [-0.25, -0.2) is 0 Å². The lowest BCUT2D eigenvalue weighted by atomic mass is 10.1. The molecule has 0 saturated carbocycles. The smallest absolute Gasteiger partial charge is 0.288 e. The van der Waals surface area contributed by atoms with Crippen LogP contribution in [-0.2, 0) is 0 Å². The first-order valence-corrected chi connectivity index (χ1v) is 6.88. The van der Waals surface area contributed by atoms with Crippen LogP contribution in [0.25, 0.3) is 5.65 Å². The number of carbonyl (C=O) groups excluding carboxylic acids is 1. The number of benzene rings is 1. The van der Waals surface area contributed by atoms with Crippen molar-refractivity contribution in [1.82, 2.24) is 19.8 Å². The molecule has 7 heteroatoms. The maximum absolute atomic E-state index is 11.4. The van der Waals surface area contributed by atoms with Gasteiger partial charge in [-0.3, -0.25) is 4.79 Å². The molecule has 2 N–H and O–H groups in total. The molecule has 0 radical (unpaired) electrons. The van der Waals surface area contributed by atoms with E-state index in [9.17, 15) is 4.79 Å². The largest absolute Gasteiger partial charge is 0.363 e. The summed E-state index contributed by atoms with van der Waals surface area (Å²) in [5.41, 5.74) is 6.94. The molecule has 22 heavy (non-hydrogen) atoms. The van der Waals surface area contributed by atoms with E-state index in [0.29, 0.717) is 11.5 Å². The molecule has 7 nitrogen and oxygen atoms in total. The van der Waals surface area contributed by atoms with Gasteiger partial charge in [0.2, 0.25) is 5.82 Å². The molecule has 0 spiro atoms. The third-order valence-corrected chi connectivity index (χ3v) is 3.69. The highest BCUT2D eigenvalue weighted by molar-refractivity contribution is 5.89. The highest BCUT2D eigenvalue weighted by Crippen LogP contribution is 2.23. The van der Waals surface area contributed by atoms with Gasteiger partial charge >= 0.3 is 0 Å². The molecule has 3 rings (SSSR count). The molecule has 1 aromatic carbocycles. The molecule has 112 valence electrons. The molecule has 1 unspecified atom stereocenters. The molecule has 1 amide bonds. The summed E-state index contributed by atoms with van der Waals surface area (Å²) in [6, 6.07) is 13.8. The van der Waals surface area contributed by atoms with Crippen molar-refractivity contribution in [2.24, 2.45) is 5.73 Å². The normalized spacial score (nSPS) is 12.3. The Kier molecular flexibility index (Phi) is 3.46. The first-order chi connectivity index (χ1) is 10.6. The van der Waals surface area contributed by atoms with Crippen LogP contribution in [0.3, 0.4) is 0 Å². The van der Waals surface area contributed by atoms with Crippen LogP contribution in [0.15, 0.2) is 42.5 Å². The van der Waals surface area contributed by atoms with E-state index < -0.39 is 5.91 Å². The Bertz CT molecular complexity index is 813. The second-order valence-corrected chi connectivity index (χ2v) is 5.05. The summed E-state index contributed by atoms with van der Waals surface area (Å²) in [6.07, 6.45) is 0. The molecule has 0 aliphatic rings. The van der Waals surface area contributed by atoms with Crippen LogP contribution < -0.4 is 10.6 Å². The Morgan fingerprint density at radius 2 is 1.91 bits per heavy atom. The van der Waals surface area contributed by atoms with Crippen molar-refractivity contribution in [3.8, 4) is 0 Å². The molecule has 1 atom stereocenters. The van der Waals surface area contributed by atoms with E-state index in [1.54, 1.807) is 6.07 Å². The fourth-order valence-electron chi connectivity index (χ4n) is 2.27. The zero-order chi connectivity index (χ0) is 15.7. The first kappa shape index (κ1) is 14.0. The van der Waals surface area contributed by atoms with Crippen LogP contribution >= 0.6 is 0 Å². The van der Waals surface area contributed by atoms with Crippen LogP contribution in [0.1, 0.15) is 29.1 Å². The number of nitrogens with zero attached hydrogens (tertiary/aromatic N) is 5. The van der Waals surface area contributed by atoms with Gasteiger partial charge in [0.25, 0.3) is 5.91 Å². The zero-order valence-corrected chi connectivity index (χ0v) is 12.3. The Hall–Kier alpha value is -2.96. The summed E-state index contributed by atoms with van der Waals surface area (Å²) in [5, 5.41) is 12.0. The number of primary amides is 1. The molecule has 3 aromatic rings. The summed E-state index contributed by atoms with van der Waals surface area (Å²) < 4.78 is 1.37. The number of nitrogens with two attached hydrogens (primary N) is 1. The van der Waals surface area contributed by atoms with Crippen molar-refractivity contribution in [3.05, 3.63) is 53.9 Å². The highest BCUT2D eigenvalue weighted by atomic mass is 16.1. The third kappa shape index (κ3) is 2.37. The van der Waals surface area contributed by atoms with Crippen molar-refractivity contribution in [1.29, 1.82) is 0 Å². The van der Waals surface area contributed by atoms with Crippen LogP contribution in [0.5, 0.6) is 0 Å². The minimum absolute atomic E-state index is 0.0256. The number of amides is 1. The van der Waals surface area contributed by atoms with Gasteiger partial charge in [-0.05, 0) is 24.6 Å². The lowest BCUT2D eigenvalue weighted by Crippen LogP contribution is -2.24. The molecule has 0 saturated heterocycles. The van der Waals surface area contributed by atoms with Crippen molar-refractivity contribution >= 4 is 17.4 Å². The van der Waals surface area contributed by atoms with E-state index >= 15 is 0 Å². The Labute approximate surface area is 127 Å². The zero-order valence-electron chi connectivity index (χ0n) is 12.3. The van der Waals surface area contributed by atoms with Gasteiger partial charge in [0.05, 0.1) is 6.04 Å². The molecular weight excluding hydrogens is 280 g/mol. The number of carbonyl (C=O) groups is 1. The lowest BCUT2D eigenvalue weighted by Gasteiger charge is -2.26. The predicted octanol–water partition coefficient (Wildman–Crippen LogP) is 1.42. The van der Waals surface area contributed by atoms with Crippen LogP contribution in [0.4, 0.5) is 5.82 Å². The summed E-state index contributed by atoms with van der Waals surface area (Å²) >= 11 is 0. The molecule has 2 aromatic heterocycles. The van der Waals surface area contributed by atoms with Crippen molar-refractivity contribution in [3.63, 3.8) is 0 Å². The van der Waals surface area contributed by atoms with E-state index in [0.717, 1.165) is 0 Å². The molecule has 0 fully saturated rings. The summed E-state index contributed by atoms with van der Waals surface area (Å²) in [6.45, 7) is 2.09. The molecule has 2 heterocycles. The Balaban J connectivity index is 1.99. The van der Waals surface area contributed by atoms with Gasteiger partial charge in [-0.2, -0.15) is 4.52 Å². The summed E-state index contributed by atoms with van der Waals surface area (Å²) in [4.78, 5) is 13.4. The molecule has 0 aliphatic heterocycles. The SMILES string of the molecule is CC(c1ccccc1)N(C)c1ccc2nnc(C(N)=O)n2n1. The van der Waals surface area contributed by atoms with Crippen LogP contribution in [0, 0.1) is 0 Å². The molecule has 0 bridgehead atoms. The summed E-state index contributed by atoms with van der Waals surface area (Å²) in [5.74, 6) is 0.0691. The average molecular weight is 296 g/mol. The standard InChI is InChI=1S/C15H16N6O/c1-10(11-6-4-3-5-7-11)20(2)13-9-8-12-17-18-15(14(16)22)21(12)19-13/h3-10H,1-2H3,(H2,16,22). The van der Waals surface area contributed by atoms with Crippen LogP contribution in [0.2, 0.25) is 0 Å². The fourth-order valence-corrected chi connectivity index (χ4v) is 2.27. The van der Waals surface area contributed by atoms with E-state index in [-0.39, 0.29) is 11.9 Å². The van der Waals surface area contributed by atoms with Gasteiger partial charge in [0.15, 0.2) is 5.65 Å². The van der Waals surface area contributed by atoms with E-state index in [1.807, 2.05) is 36.2 Å². The highest BCUT2D eigenvalue weighted by Gasteiger charge is 2.17.